The van der Waals surface area contributed by atoms with E-state index in [1.807, 2.05) is 30.3 Å². The SMILES string of the molecule is CN(C)C(=O)/C(N=O)=C1/CN(O)C(c2ccccc2)=c2cc(Cl)ccc2=N1. The average molecular weight is 385 g/mol. The van der Waals surface area contributed by atoms with Crippen molar-refractivity contribution in [3.63, 3.8) is 0 Å². The van der Waals surface area contributed by atoms with Crippen molar-refractivity contribution in [1.82, 2.24) is 9.96 Å². The predicted octanol–water partition coefficient (Wildman–Crippen LogP) is 1.89. The van der Waals surface area contributed by atoms with E-state index in [4.69, 9.17) is 11.6 Å². The van der Waals surface area contributed by atoms with E-state index in [0.29, 0.717) is 21.3 Å². The summed E-state index contributed by atoms with van der Waals surface area (Å²) in [6.45, 7) is -0.183. The summed E-state index contributed by atoms with van der Waals surface area (Å²) in [5, 5.41) is 16.1. The maximum Gasteiger partial charge on any atom is 0.277 e. The van der Waals surface area contributed by atoms with Crippen LogP contribution < -0.4 is 10.6 Å². The molecule has 0 saturated carbocycles. The molecule has 1 aliphatic rings. The zero-order chi connectivity index (χ0) is 19.6. The van der Waals surface area contributed by atoms with Gasteiger partial charge in [0.15, 0.2) is 5.70 Å². The molecule has 3 rings (SSSR count). The maximum absolute atomic E-state index is 12.3. The first-order valence-corrected chi connectivity index (χ1v) is 8.48. The van der Waals surface area contributed by atoms with Crippen molar-refractivity contribution in [3.8, 4) is 0 Å². The third-order valence-electron chi connectivity index (χ3n) is 4.05. The van der Waals surface area contributed by atoms with Crippen molar-refractivity contribution in [3.05, 3.63) is 86.0 Å². The highest BCUT2D eigenvalue weighted by Gasteiger charge is 2.24. The molecular weight excluding hydrogens is 368 g/mol. The normalized spacial score (nSPS) is 15.4. The predicted molar refractivity (Wildman–Crippen MR) is 101 cm³/mol. The summed E-state index contributed by atoms with van der Waals surface area (Å²) in [6, 6.07) is 14.2. The van der Waals surface area contributed by atoms with Crippen molar-refractivity contribution < 1.29 is 10.0 Å². The minimum Gasteiger partial charge on any atom is -0.343 e. The lowest BCUT2D eigenvalue weighted by molar-refractivity contribution is -0.124. The molecule has 1 N–H and O–H groups in total. The minimum absolute atomic E-state index is 0.0701. The zero-order valence-electron chi connectivity index (χ0n) is 14.8. The molecule has 27 heavy (non-hydrogen) atoms. The van der Waals surface area contributed by atoms with E-state index in [1.54, 1.807) is 18.2 Å². The number of amides is 1. The first-order valence-electron chi connectivity index (χ1n) is 8.11. The number of nitrogens with zero attached hydrogens (tertiary/aromatic N) is 4. The Morgan fingerprint density at radius 1 is 1.22 bits per heavy atom. The number of carbonyl (C=O) groups excluding carboxylic acids is 1. The number of nitroso groups, excluding NO2 is 1. The van der Waals surface area contributed by atoms with Crippen molar-refractivity contribution in [1.29, 1.82) is 0 Å². The second kappa shape index (κ2) is 7.69. The van der Waals surface area contributed by atoms with E-state index in [0.717, 1.165) is 10.6 Å². The molecule has 1 aliphatic heterocycles. The van der Waals surface area contributed by atoms with Gasteiger partial charge in [-0.3, -0.25) is 10.0 Å². The van der Waals surface area contributed by atoms with Crippen LogP contribution in [-0.2, 0) is 4.79 Å². The Kier molecular flexibility index (Phi) is 5.34. The van der Waals surface area contributed by atoms with Crippen LogP contribution in [0.15, 0.2) is 70.1 Å². The van der Waals surface area contributed by atoms with Crippen molar-refractivity contribution in [2.75, 3.05) is 20.6 Å². The summed E-state index contributed by atoms with van der Waals surface area (Å²) in [6.07, 6.45) is 0. The maximum atomic E-state index is 12.3. The lowest BCUT2D eigenvalue weighted by atomic mass is 10.1. The van der Waals surface area contributed by atoms with Gasteiger partial charge in [-0.05, 0) is 23.4 Å². The molecule has 0 fully saturated rings. The lowest BCUT2D eigenvalue weighted by Crippen LogP contribution is -2.31. The van der Waals surface area contributed by atoms with Crippen LogP contribution in [0.25, 0.3) is 5.70 Å². The van der Waals surface area contributed by atoms with Crippen LogP contribution in [0, 0.1) is 4.91 Å². The summed E-state index contributed by atoms with van der Waals surface area (Å²) in [7, 11) is 3.02. The van der Waals surface area contributed by atoms with Gasteiger partial charge in [0.2, 0.25) is 0 Å². The van der Waals surface area contributed by atoms with E-state index in [2.05, 4.69) is 10.2 Å². The molecule has 0 aromatic heterocycles. The summed E-state index contributed by atoms with van der Waals surface area (Å²) in [5.41, 5.74) is 0.920. The Bertz CT molecular complexity index is 1050. The number of rotatable bonds is 3. The van der Waals surface area contributed by atoms with Gasteiger partial charge < -0.3 is 4.90 Å². The van der Waals surface area contributed by atoms with E-state index in [-0.39, 0.29) is 17.9 Å². The molecule has 0 bridgehead atoms. The largest absolute Gasteiger partial charge is 0.343 e. The molecule has 8 heteroatoms. The number of likely N-dealkylation sites (N-methyl/N-ethyl adjacent to an activating group) is 1. The number of hydroxylamine groups is 2. The van der Waals surface area contributed by atoms with Gasteiger partial charge in [0.25, 0.3) is 5.91 Å². The third kappa shape index (κ3) is 3.74. The Balaban J connectivity index is 2.37. The summed E-state index contributed by atoms with van der Waals surface area (Å²) < 4.78 is 0. The lowest BCUT2D eigenvalue weighted by Gasteiger charge is -2.20. The summed E-state index contributed by atoms with van der Waals surface area (Å²) in [5.74, 6) is -0.587. The van der Waals surface area contributed by atoms with Gasteiger partial charge in [0, 0.05) is 29.9 Å². The average Bonchev–Trinajstić information content (AvgIpc) is 2.78. The van der Waals surface area contributed by atoms with Crippen molar-refractivity contribution in [2.24, 2.45) is 10.2 Å². The molecule has 1 heterocycles. The van der Waals surface area contributed by atoms with Crippen LogP contribution in [0.1, 0.15) is 5.56 Å². The molecule has 0 radical (unpaired) electrons. The van der Waals surface area contributed by atoms with Crippen LogP contribution in [0.4, 0.5) is 0 Å². The standard InChI is InChI=1S/C19H17ClN4O3/c1-23(2)19(25)17(22-26)16-11-24(27)18(12-6-4-3-5-7-12)14-10-13(20)8-9-15(14)21-16/h3-10,27H,11H2,1-2H3/b17-16+. The van der Waals surface area contributed by atoms with Gasteiger partial charge in [-0.2, -0.15) is 0 Å². The quantitative estimate of drug-likeness (QED) is 0.646. The fourth-order valence-corrected chi connectivity index (χ4v) is 2.96. The fourth-order valence-electron chi connectivity index (χ4n) is 2.79. The zero-order valence-corrected chi connectivity index (χ0v) is 15.5. The molecular formula is C19H17ClN4O3. The molecule has 0 unspecified atom stereocenters. The van der Waals surface area contributed by atoms with E-state index >= 15 is 0 Å². The number of halogens is 1. The van der Waals surface area contributed by atoms with E-state index in [1.165, 1.54) is 19.0 Å². The summed E-state index contributed by atoms with van der Waals surface area (Å²) in [4.78, 5) is 29.3. The van der Waals surface area contributed by atoms with Crippen molar-refractivity contribution in [2.45, 2.75) is 0 Å². The number of hydrogen-bond donors (Lipinski definition) is 1. The first-order chi connectivity index (χ1) is 12.9. The summed E-state index contributed by atoms with van der Waals surface area (Å²) >= 11 is 6.15. The Hall–Kier alpha value is -3.03. The van der Waals surface area contributed by atoms with Crippen molar-refractivity contribution >= 4 is 23.2 Å². The molecule has 138 valence electrons. The van der Waals surface area contributed by atoms with Crippen LogP contribution in [0.3, 0.4) is 0 Å². The number of hydrogen-bond acceptors (Lipinski definition) is 6. The highest BCUT2D eigenvalue weighted by atomic mass is 35.5. The molecule has 0 aliphatic carbocycles. The van der Waals surface area contributed by atoms with Gasteiger partial charge in [0.05, 0.1) is 23.3 Å². The topological polar surface area (TPSA) is 85.6 Å². The Labute approximate surface area is 160 Å². The van der Waals surface area contributed by atoms with Gasteiger partial charge in [0.1, 0.15) is 0 Å². The van der Waals surface area contributed by atoms with Crippen LogP contribution >= 0.6 is 11.6 Å². The highest BCUT2D eigenvalue weighted by Crippen LogP contribution is 2.20. The molecule has 7 nitrogen and oxygen atoms in total. The number of benzene rings is 2. The highest BCUT2D eigenvalue weighted by molar-refractivity contribution is 6.30. The fraction of sp³-hybridized carbons (Fsp3) is 0.158. The van der Waals surface area contributed by atoms with Gasteiger partial charge >= 0.3 is 0 Å². The van der Waals surface area contributed by atoms with E-state index in [9.17, 15) is 14.9 Å². The smallest absolute Gasteiger partial charge is 0.277 e. The van der Waals surface area contributed by atoms with Gasteiger partial charge in [-0.15, -0.1) is 4.91 Å². The Morgan fingerprint density at radius 2 is 1.93 bits per heavy atom. The number of fused-ring (bicyclic) bond motifs is 1. The second-order valence-corrected chi connectivity index (χ2v) is 6.57. The molecule has 1 amide bonds. The van der Waals surface area contributed by atoms with E-state index < -0.39 is 5.91 Å². The molecule has 2 aromatic rings. The van der Waals surface area contributed by atoms with Crippen LogP contribution in [0.5, 0.6) is 0 Å². The van der Waals surface area contributed by atoms with Crippen LogP contribution in [0.2, 0.25) is 5.02 Å². The molecule has 0 spiro atoms. The third-order valence-corrected chi connectivity index (χ3v) is 4.28. The molecule has 0 saturated heterocycles. The van der Waals surface area contributed by atoms with Gasteiger partial charge in [-0.25, -0.2) is 10.1 Å². The van der Waals surface area contributed by atoms with Gasteiger partial charge in [-0.1, -0.05) is 41.9 Å². The first kappa shape index (κ1) is 18.8. The molecule has 0 atom stereocenters. The minimum atomic E-state index is -0.587. The number of carbonyl (C=O) groups is 1. The monoisotopic (exact) mass is 384 g/mol. The second-order valence-electron chi connectivity index (χ2n) is 6.13. The molecule has 2 aromatic carbocycles. The van der Waals surface area contributed by atoms with Crippen LogP contribution in [-0.4, -0.2) is 41.7 Å². The Morgan fingerprint density at radius 3 is 2.56 bits per heavy atom.